The van der Waals surface area contributed by atoms with Gasteiger partial charge in [0.05, 0.1) is 23.7 Å². The van der Waals surface area contributed by atoms with E-state index in [0.29, 0.717) is 5.75 Å². The molecule has 162 valence electrons. The van der Waals surface area contributed by atoms with Crippen LogP contribution in [0.25, 0.3) is 0 Å². The van der Waals surface area contributed by atoms with Crippen molar-refractivity contribution in [2.45, 2.75) is 29.4 Å². The standard InChI is InChI=1S/C22H20F3N3O2S/c1-13-6-11-18-28(13)27-19(14-7-9-17(30-2)10-8-14)20(31-18)21(29)26-16-5-3-4-15(12-16)22(23,24)25/h3-12,19-20,27H,1-2H3,(H,26,29)/t19-,20+/m0/s1. The van der Waals surface area contributed by atoms with Crippen LogP contribution in [0.1, 0.15) is 22.9 Å². The van der Waals surface area contributed by atoms with Gasteiger partial charge in [0.1, 0.15) is 11.0 Å². The van der Waals surface area contributed by atoms with Gasteiger partial charge >= 0.3 is 6.18 Å². The minimum absolute atomic E-state index is 0.103. The van der Waals surface area contributed by atoms with Crippen LogP contribution in [0.3, 0.4) is 0 Å². The summed E-state index contributed by atoms with van der Waals surface area (Å²) in [7, 11) is 1.57. The summed E-state index contributed by atoms with van der Waals surface area (Å²) in [6, 6.07) is 15.4. The number of methoxy groups -OCH3 is 1. The van der Waals surface area contributed by atoms with Gasteiger partial charge in [0.15, 0.2) is 0 Å². The van der Waals surface area contributed by atoms with Gasteiger partial charge in [-0.3, -0.25) is 9.47 Å². The fourth-order valence-electron chi connectivity index (χ4n) is 3.43. The molecule has 5 nitrogen and oxygen atoms in total. The summed E-state index contributed by atoms with van der Waals surface area (Å²) in [5.41, 5.74) is 4.50. The number of amides is 1. The van der Waals surface area contributed by atoms with Crippen molar-refractivity contribution >= 4 is 23.4 Å². The molecule has 1 amide bonds. The van der Waals surface area contributed by atoms with Crippen molar-refractivity contribution in [3.8, 4) is 5.75 Å². The average molecular weight is 447 g/mol. The van der Waals surface area contributed by atoms with Crippen molar-refractivity contribution < 1.29 is 22.7 Å². The molecule has 0 spiro atoms. The normalized spacial score (nSPS) is 18.1. The van der Waals surface area contributed by atoms with E-state index in [2.05, 4.69) is 10.7 Å². The third kappa shape index (κ3) is 4.36. The van der Waals surface area contributed by atoms with Gasteiger partial charge in [-0.05, 0) is 55.0 Å². The molecular weight excluding hydrogens is 427 g/mol. The number of alkyl halides is 3. The van der Waals surface area contributed by atoms with Crippen molar-refractivity contribution in [2.24, 2.45) is 0 Å². The number of nitrogens with zero attached hydrogens (tertiary/aromatic N) is 1. The third-order valence-electron chi connectivity index (χ3n) is 5.05. The van der Waals surface area contributed by atoms with E-state index in [-0.39, 0.29) is 11.6 Å². The fourth-order valence-corrected chi connectivity index (χ4v) is 4.66. The van der Waals surface area contributed by atoms with Crippen LogP contribution in [0.4, 0.5) is 18.9 Å². The monoisotopic (exact) mass is 447 g/mol. The molecule has 3 aromatic rings. The van der Waals surface area contributed by atoms with Crippen LogP contribution in [0, 0.1) is 6.92 Å². The number of rotatable bonds is 4. The molecule has 0 aliphatic carbocycles. The van der Waals surface area contributed by atoms with Crippen molar-refractivity contribution in [1.82, 2.24) is 4.68 Å². The van der Waals surface area contributed by atoms with Crippen molar-refractivity contribution in [1.29, 1.82) is 0 Å². The highest BCUT2D eigenvalue weighted by Gasteiger charge is 2.36. The van der Waals surface area contributed by atoms with E-state index in [4.69, 9.17) is 4.74 Å². The Kier molecular flexibility index (Phi) is 5.62. The van der Waals surface area contributed by atoms with Crippen LogP contribution in [0.5, 0.6) is 5.75 Å². The molecule has 31 heavy (non-hydrogen) atoms. The maximum absolute atomic E-state index is 13.2. The number of ether oxygens (including phenoxy) is 1. The van der Waals surface area contributed by atoms with E-state index in [1.165, 1.54) is 23.9 Å². The number of carbonyl (C=O) groups excluding carboxylic acids is 1. The minimum atomic E-state index is -4.48. The predicted octanol–water partition coefficient (Wildman–Crippen LogP) is 5.22. The van der Waals surface area contributed by atoms with E-state index in [1.807, 2.05) is 48.0 Å². The number of aromatic nitrogens is 1. The van der Waals surface area contributed by atoms with Crippen LogP contribution >= 0.6 is 11.8 Å². The van der Waals surface area contributed by atoms with Gasteiger partial charge in [-0.1, -0.05) is 30.0 Å². The molecule has 0 radical (unpaired) electrons. The molecule has 0 fully saturated rings. The summed E-state index contributed by atoms with van der Waals surface area (Å²) in [4.78, 5) is 13.2. The SMILES string of the molecule is COc1ccc([C@@H]2Nn3c(C)ccc3S[C@H]2C(=O)Nc2cccc(C(F)(F)F)c2)cc1. The van der Waals surface area contributed by atoms with Gasteiger partial charge in [-0.2, -0.15) is 13.2 Å². The lowest BCUT2D eigenvalue weighted by Gasteiger charge is -2.34. The molecule has 2 aromatic carbocycles. The Morgan fingerprint density at radius 2 is 1.87 bits per heavy atom. The fraction of sp³-hybridized carbons (Fsp3) is 0.227. The maximum atomic E-state index is 13.2. The number of anilines is 1. The first-order chi connectivity index (χ1) is 14.8. The average Bonchev–Trinajstić information content (AvgIpc) is 3.12. The van der Waals surface area contributed by atoms with Gasteiger partial charge in [0.25, 0.3) is 0 Å². The second-order valence-corrected chi connectivity index (χ2v) is 8.30. The van der Waals surface area contributed by atoms with Crippen molar-refractivity contribution in [3.63, 3.8) is 0 Å². The summed E-state index contributed by atoms with van der Waals surface area (Å²) in [5.74, 6) is 0.303. The molecule has 9 heteroatoms. The number of carbonyl (C=O) groups is 1. The lowest BCUT2D eigenvalue weighted by atomic mass is 10.0. The molecule has 0 unspecified atom stereocenters. The van der Waals surface area contributed by atoms with Gasteiger partial charge in [0, 0.05) is 11.4 Å². The lowest BCUT2D eigenvalue weighted by molar-refractivity contribution is -0.137. The molecule has 2 heterocycles. The van der Waals surface area contributed by atoms with E-state index in [1.54, 1.807) is 7.11 Å². The number of aryl methyl sites for hydroxylation is 1. The highest BCUT2D eigenvalue weighted by atomic mass is 32.2. The highest BCUT2D eigenvalue weighted by molar-refractivity contribution is 8.00. The smallest absolute Gasteiger partial charge is 0.416 e. The first-order valence-electron chi connectivity index (χ1n) is 9.50. The van der Waals surface area contributed by atoms with Crippen LogP contribution in [0.15, 0.2) is 65.7 Å². The zero-order chi connectivity index (χ0) is 22.2. The maximum Gasteiger partial charge on any atom is 0.416 e. The topological polar surface area (TPSA) is 55.3 Å². The molecule has 0 saturated carbocycles. The molecule has 1 aromatic heterocycles. The summed E-state index contributed by atoms with van der Waals surface area (Å²) in [5, 5.41) is 2.90. The van der Waals surface area contributed by atoms with Crippen LogP contribution in [-0.4, -0.2) is 22.9 Å². The van der Waals surface area contributed by atoms with E-state index >= 15 is 0 Å². The van der Waals surface area contributed by atoms with Gasteiger partial charge < -0.3 is 15.5 Å². The Labute approximate surface area is 181 Å². The largest absolute Gasteiger partial charge is 0.497 e. The molecule has 2 N–H and O–H groups in total. The van der Waals surface area contributed by atoms with Crippen LogP contribution in [0.2, 0.25) is 0 Å². The molecule has 4 rings (SSSR count). The first kappa shape index (κ1) is 21.2. The van der Waals surface area contributed by atoms with E-state index in [9.17, 15) is 18.0 Å². The second kappa shape index (κ2) is 8.22. The number of benzene rings is 2. The molecule has 0 bridgehead atoms. The Hall–Kier alpha value is -3.07. The van der Waals surface area contributed by atoms with Crippen molar-refractivity contribution in [3.05, 3.63) is 77.5 Å². The molecule has 2 atom stereocenters. The Bertz CT molecular complexity index is 1100. The molecule has 1 aliphatic rings. The number of halogens is 3. The second-order valence-electron chi connectivity index (χ2n) is 7.13. The Morgan fingerprint density at radius 3 is 2.55 bits per heavy atom. The van der Waals surface area contributed by atoms with Gasteiger partial charge in [-0.25, -0.2) is 0 Å². The Morgan fingerprint density at radius 1 is 1.13 bits per heavy atom. The van der Waals surface area contributed by atoms with Crippen molar-refractivity contribution in [2.75, 3.05) is 17.9 Å². The highest BCUT2D eigenvalue weighted by Crippen LogP contribution is 2.39. The summed E-state index contributed by atoms with van der Waals surface area (Å²) in [6.07, 6.45) is -4.48. The molecular formula is C22H20F3N3O2S. The number of hydrogen-bond acceptors (Lipinski definition) is 4. The third-order valence-corrected chi connectivity index (χ3v) is 6.35. The lowest BCUT2D eigenvalue weighted by Crippen LogP contribution is -2.41. The zero-order valence-electron chi connectivity index (χ0n) is 16.7. The first-order valence-corrected chi connectivity index (χ1v) is 10.4. The van der Waals surface area contributed by atoms with Gasteiger partial charge in [0.2, 0.25) is 5.91 Å². The van der Waals surface area contributed by atoms with Gasteiger partial charge in [-0.15, -0.1) is 0 Å². The number of hydrogen-bond donors (Lipinski definition) is 2. The van der Waals surface area contributed by atoms with E-state index < -0.39 is 23.0 Å². The quantitative estimate of drug-likeness (QED) is 0.576. The summed E-state index contributed by atoms with van der Waals surface area (Å²) >= 11 is 1.36. The Balaban J connectivity index is 1.64. The summed E-state index contributed by atoms with van der Waals surface area (Å²) in [6.45, 7) is 1.95. The minimum Gasteiger partial charge on any atom is -0.497 e. The van der Waals surface area contributed by atoms with Crippen LogP contribution < -0.4 is 15.5 Å². The number of nitrogens with one attached hydrogen (secondary N) is 2. The summed E-state index contributed by atoms with van der Waals surface area (Å²) < 4.78 is 46.2. The molecule has 0 saturated heterocycles. The zero-order valence-corrected chi connectivity index (χ0v) is 17.6. The molecule has 1 aliphatic heterocycles. The number of thioether (sulfide) groups is 1. The van der Waals surface area contributed by atoms with E-state index in [0.717, 1.165) is 28.4 Å². The van der Waals surface area contributed by atoms with Crippen LogP contribution in [-0.2, 0) is 11.0 Å². The number of fused-ring (bicyclic) bond motifs is 1. The predicted molar refractivity (Wildman–Crippen MR) is 114 cm³/mol.